The maximum absolute atomic E-state index is 11.0. The van der Waals surface area contributed by atoms with Crippen molar-refractivity contribution >= 4 is 11.6 Å². The number of carbonyl (C=O) groups is 1. The smallest absolute Gasteiger partial charge is 0.245 e. The summed E-state index contributed by atoms with van der Waals surface area (Å²) in [6.45, 7) is 1.23. The minimum absolute atomic E-state index is 0.0961. The highest BCUT2D eigenvalue weighted by Crippen LogP contribution is 2.12. The molecule has 0 aliphatic heterocycles. The highest BCUT2D eigenvalue weighted by molar-refractivity contribution is 5.77. The lowest BCUT2D eigenvalue weighted by atomic mass is 10.3. The van der Waals surface area contributed by atoms with E-state index in [1.807, 2.05) is 12.1 Å². The summed E-state index contributed by atoms with van der Waals surface area (Å²) in [7, 11) is 1.49. The van der Waals surface area contributed by atoms with Gasteiger partial charge in [0.15, 0.2) is 0 Å². The number of methoxy groups -OCH3 is 1. The molecule has 0 aromatic heterocycles. The lowest BCUT2D eigenvalue weighted by Gasteiger charge is -2.07. The molecule has 0 aliphatic rings. The molecule has 0 aliphatic carbocycles. The van der Waals surface area contributed by atoms with Gasteiger partial charge in [0.1, 0.15) is 12.4 Å². The Morgan fingerprint density at radius 1 is 1.35 bits per heavy atom. The molecule has 0 fully saturated rings. The van der Waals surface area contributed by atoms with Crippen LogP contribution in [0.5, 0.6) is 5.75 Å². The number of benzene rings is 1. The average molecular weight is 238 g/mol. The fraction of sp³-hybridized carbons (Fsp3) is 0.417. The second kappa shape index (κ2) is 7.51. The van der Waals surface area contributed by atoms with Gasteiger partial charge in [-0.2, -0.15) is 0 Å². The molecule has 0 atom stereocenters. The van der Waals surface area contributed by atoms with Crippen LogP contribution in [-0.2, 0) is 9.53 Å². The van der Waals surface area contributed by atoms with Crippen LogP contribution >= 0.6 is 0 Å². The van der Waals surface area contributed by atoms with Crippen molar-refractivity contribution in [3.63, 3.8) is 0 Å². The zero-order valence-electron chi connectivity index (χ0n) is 9.94. The van der Waals surface area contributed by atoms with Crippen LogP contribution in [0.2, 0.25) is 0 Å². The Bertz CT molecular complexity index is 338. The number of hydrogen-bond acceptors (Lipinski definition) is 4. The second-order valence-electron chi connectivity index (χ2n) is 3.55. The van der Waals surface area contributed by atoms with Crippen LogP contribution in [0.1, 0.15) is 6.42 Å². The molecule has 0 unspecified atom stereocenters. The van der Waals surface area contributed by atoms with Crippen molar-refractivity contribution in [1.29, 1.82) is 0 Å². The van der Waals surface area contributed by atoms with Crippen LogP contribution in [0.3, 0.4) is 0 Å². The average Bonchev–Trinajstić information content (AvgIpc) is 2.31. The van der Waals surface area contributed by atoms with E-state index < -0.39 is 0 Å². The molecule has 1 rings (SSSR count). The second-order valence-corrected chi connectivity index (χ2v) is 3.55. The van der Waals surface area contributed by atoms with Crippen molar-refractivity contribution in [2.75, 3.05) is 32.6 Å². The van der Waals surface area contributed by atoms with Gasteiger partial charge < -0.3 is 20.5 Å². The molecule has 0 spiro atoms. The van der Waals surface area contributed by atoms with Crippen LogP contribution in [0.25, 0.3) is 0 Å². The van der Waals surface area contributed by atoms with Gasteiger partial charge >= 0.3 is 0 Å². The molecule has 0 bridgehead atoms. The zero-order chi connectivity index (χ0) is 12.5. The van der Waals surface area contributed by atoms with E-state index in [0.29, 0.717) is 18.8 Å². The van der Waals surface area contributed by atoms with Crippen LogP contribution in [0.4, 0.5) is 5.69 Å². The predicted molar refractivity (Wildman–Crippen MR) is 65.9 cm³/mol. The molecule has 1 amide bonds. The number of hydrogen-bond donors (Lipinski definition) is 2. The quantitative estimate of drug-likeness (QED) is 0.544. The Morgan fingerprint density at radius 2 is 2.06 bits per heavy atom. The van der Waals surface area contributed by atoms with Gasteiger partial charge in [-0.1, -0.05) is 0 Å². The van der Waals surface area contributed by atoms with Crippen molar-refractivity contribution in [1.82, 2.24) is 5.32 Å². The Hall–Kier alpha value is -1.75. The monoisotopic (exact) mass is 238 g/mol. The van der Waals surface area contributed by atoms with E-state index in [4.69, 9.17) is 10.5 Å². The van der Waals surface area contributed by atoms with Gasteiger partial charge in [-0.05, 0) is 30.7 Å². The summed E-state index contributed by atoms with van der Waals surface area (Å²) < 4.78 is 10.2. The van der Waals surface area contributed by atoms with Gasteiger partial charge in [-0.15, -0.1) is 0 Å². The van der Waals surface area contributed by atoms with E-state index in [1.54, 1.807) is 12.1 Å². The van der Waals surface area contributed by atoms with Crippen LogP contribution < -0.4 is 15.8 Å². The molecule has 0 heterocycles. The minimum Gasteiger partial charge on any atom is -0.494 e. The minimum atomic E-state index is -0.111. The molecule has 1 aromatic rings. The summed E-state index contributed by atoms with van der Waals surface area (Å²) in [4.78, 5) is 11.0. The summed E-state index contributed by atoms with van der Waals surface area (Å²) in [5.41, 5.74) is 6.26. The van der Waals surface area contributed by atoms with Gasteiger partial charge in [0.25, 0.3) is 0 Å². The highest BCUT2D eigenvalue weighted by Gasteiger charge is 1.98. The van der Waals surface area contributed by atoms with Crippen LogP contribution in [-0.4, -0.2) is 32.8 Å². The standard InChI is InChI=1S/C12H18N2O3/c1-16-9-12(15)14-7-2-8-17-11-5-3-10(13)4-6-11/h3-6H,2,7-9,13H2,1H3,(H,14,15). The van der Waals surface area contributed by atoms with Crippen molar-refractivity contribution in [2.24, 2.45) is 0 Å². The number of nitrogens with one attached hydrogen (secondary N) is 1. The number of ether oxygens (including phenoxy) is 2. The lowest BCUT2D eigenvalue weighted by molar-refractivity contribution is -0.124. The first-order valence-corrected chi connectivity index (χ1v) is 5.46. The van der Waals surface area contributed by atoms with E-state index in [9.17, 15) is 4.79 Å². The highest BCUT2D eigenvalue weighted by atomic mass is 16.5. The fourth-order valence-corrected chi connectivity index (χ4v) is 1.24. The van der Waals surface area contributed by atoms with E-state index in [0.717, 1.165) is 12.2 Å². The van der Waals surface area contributed by atoms with Gasteiger partial charge in [-0.25, -0.2) is 0 Å². The number of anilines is 1. The lowest BCUT2D eigenvalue weighted by Crippen LogP contribution is -2.28. The van der Waals surface area contributed by atoms with E-state index >= 15 is 0 Å². The molecule has 0 saturated carbocycles. The number of carbonyl (C=O) groups excluding carboxylic acids is 1. The predicted octanol–water partition coefficient (Wildman–Crippen LogP) is 0.800. The Kier molecular flexibility index (Phi) is 5.88. The maximum atomic E-state index is 11.0. The molecule has 3 N–H and O–H groups in total. The van der Waals surface area contributed by atoms with Gasteiger partial charge in [0.05, 0.1) is 6.61 Å². The Labute approximate surface area is 101 Å². The Balaban J connectivity index is 2.08. The molecular weight excluding hydrogens is 220 g/mol. The molecule has 17 heavy (non-hydrogen) atoms. The maximum Gasteiger partial charge on any atom is 0.245 e. The van der Waals surface area contributed by atoms with Crippen LogP contribution in [0, 0.1) is 0 Å². The van der Waals surface area contributed by atoms with Gasteiger partial charge in [-0.3, -0.25) is 4.79 Å². The van der Waals surface area contributed by atoms with E-state index in [-0.39, 0.29) is 12.5 Å². The van der Waals surface area contributed by atoms with Gasteiger partial charge in [0.2, 0.25) is 5.91 Å². The van der Waals surface area contributed by atoms with Crippen molar-refractivity contribution in [3.05, 3.63) is 24.3 Å². The number of rotatable bonds is 7. The van der Waals surface area contributed by atoms with Gasteiger partial charge in [0, 0.05) is 19.3 Å². The van der Waals surface area contributed by atoms with Crippen LogP contribution in [0.15, 0.2) is 24.3 Å². The number of nitrogen functional groups attached to an aromatic ring is 1. The van der Waals surface area contributed by atoms with E-state index in [1.165, 1.54) is 7.11 Å². The molecule has 1 aromatic carbocycles. The number of amides is 1. The van der Waals surface area contributed by atoms with Crippen molar-refractivity contribution in [2.45, 2.75) is 6.42 Å². The SMILES string of the molecule is COCC(=O)NCCCOc1ccc(N)cc1. The first kappa shape index (κ1) is 13.3. The fourth-order valence-electron chi connectivity index (χ4n) is 1.24. The summed E-state index contributed by atoms with van der Waals surface area (Å²) in [5, 5.41) is 2.72. The molecule has 5 heteroatoms. The zero-order valence-corrected chi connectivity index (χ0v) is 9.94. The third-order valence-corrected chi connectivity index (χ3v) is 2.07. The third-order valence-electron chi connectivity index (χ3n) is 2.07. The molecule has 94 valence electrons. The summed E-state index contributed by atoms with van der Waals surface area (Å²) >= 11 is 0. The largest absolute Gasteiger partial charge is 0.494 e. The number of nitrogens with two attached hydrogens (primary N) is 1. The Morgan fingerprint density at radius 3 is 2.71 bits per heavy atom. The van der Waals surface area contributed by atoms with Crippen molar-refractivity contribution in [3.8, 4) is 5.75 Å². The molecule has 0 saturated heterocycles. The molecule has 0 radical (unpaired) electrons. The normalized spacial score (nSPS) is 9.94. The first-order valence-electron chi connectivity index (χ1n) is 5.46. The summed E-state index contributed by atoms with van der Waals surface area (Å²) in [6.07, 6.45) is 0.750. The third kappa shape index (κ3) is 5.77. The molecule has 5 nitrogen and oxygen atoms in total. The summed E-state index contributed by atoms with van der Waals surface area (Å²) in [6, 6.07) is 7.21. The molecular formula is C12H18N2O3. The van der Waals surface area contributed by atoms with Crippen molar-refractivity contribution < 1.29 is 14.3 Å². The topological polar surface area (TPSA) is 73.6 Å². The summed E-state index contributed by atoms with van der Waals surface area (Å²) in [5.74, 6) is 0.669. The first-order chi connectivity index (χ1) is 8.22. The van der Waals surface area contributed by atoms with E-state index in [2.05, 4.69) is 10.1 Å².